The number of aromatic nitrogens is 3. The van der Waals surface area contributed by atoms with E-state index in [4.69, 9.17) is 0 Å². The lowest BCUT2D eigenvalue weighted by atomic mass is 10.0. The van der Waals surface area contributed by atoms with E-state index in [1.807, 2.05) is 44.2 Å². The first-order valence-corrected chi connectivity index (χ1v) is 12.3. The Morgan fingerprint density at radius 3 is 2.13 bits per heavy atom. The molecule has 5 rings (SSSR count). The van der Waals surface area contributed by atoms with Gasteiger partial charge >= 0.3 is 0 Å². The first-order chi connectivity index (χ1) is 18.8. The number of benzene rings is 4. The van der Waals surface area contributed by atoms with Crippen LogP contribution in [0.2, 0.25) is 0 Å². The molecule has 196 valence electrons. The number of hydrogen-bond donors (Lipinski definition) is 1. The lowest BCUT2D eigenvalue weighted by molar-refractivity contribution is -0.124. The number of nitrogens with one attached hydrogen (secondary N) is 1. The van der Waals surface area contributed by atoms with Crippen molar-refractivity contribution < 1.29 is 18.4 Å². The van der Waals surface area contributed by atoms with Crippen LogP contribution in [0.25, 0.3) is 11.0 Å². The lowest BCUT2D eigenvalue weighted by Crippen LogP contribution is -2.43. The number of amides is 2. The summed E-state index contributed by atoms with van der Waals surface area (Å²) in [6, 6.07) is 22.3. The predicted molar refractivity (Wildman–Crippen MR) is 145 cm³/mol. The number of rotatable bonds is 7. The summed E-state index contributed by atoms with van der Waals surface area (Å²) < 4.78 is 29.2. The minimum Gasteiger partial charge on any atom is -0.323 e. The third kappa shape index (κ3) is 5.38. The Hall–Kier alpha value is -4.92. The lowest BCUT2D eigenvalue weighted by Gasteiger charge is -2.32. The fourth-order valence-electron chi connectivity index (χ4n) is 4.54. The molecule has 4 aromatic carbocycles. The first kappa shape index (κ1) is 25.7. The number of nitrogens with zero attached hydrogens (tertiary/aromatic N) is 4. The predicted octanol–water partition coefficient (Wildman–Crippen LogP) is 5.74. The highest BCUT2D eigenvalue weighted by molar-refractivity contribution is 6.06. The summed E-state index contributed by atoms with van der Waals surface area (Å²) in [5.74, 6) is -1.99. The highest BCUT2D eigenvalue weighted by Crippen LogP contribution is 2.31. The zero-order valence-corrected chi connectivity index (χ0v) is 21.3. The molecular formula is C30H25F2N5O2. The molecule has 0 unspecified atom stereocenters. The molecule has 1 N–H and O–H groups in total. The van der Waals surface area contributed by atoms with Crippen molar-refractivity contribution in [1.29, 1.82) is 0 Å². The number of carbonyl (C=O) groups excluding carboxylic acids is 2. The number of anilines is 2. The van der Waals surface area contributed by atoms with E-state index in [0.717, 1.165) is 11.1 Å². The SMILES string of the molecule is Cc1cccc(C)c1NC(=O)[C@@H](c1ccc(F)cc1)N(C(=O)Cn1nnc2ccccc21)c1ccc(F)cc1. The maximum atomic E-state index is 14.0. The van der Waals surface area contributed by atoms with Gasteiger partial charge in [-0.05, 0) is 79.1 Å². The molecular weight excluding hydrogens is 500 g/mol. The summed E-state index contributed by atoms with van der Waals surface area (Å²) in [7, 11) is 0. The number of aryl methyl sites for hydroxylation is 2. The van der Waals surface area contributed by atoms with Gasteiger partial charge in [-0.25, -0.2) is 13.5 Å². The maximum Gasteiger partial charge on any atom is 0.252 e. The number of carbonyl (C=O) groups is 2. The van der Waals surface area contributed by atoms with Crippen LogP contribution in [0.3, 0.4) is 0 Å². The average molecular weight is 526 g/mol. The summed E-state index contributed by atoms with van der Waals surface area (Å²) in [6.45, 7) is 3.49. The van der Waals surface area contributed by atoms with Crippen LogP contribution in [0.15, 0.2) is 91.0 Å². The largest absolute Gasteiger partial charge is 0.323 e. The van der Waals surface area contributed by atoms with E-state index in [1.165, 1.54) is 58.1 Å². The van der Waals surface area contributed by atoms with Gasteiger partial charge in [-0.15, -0.1) is 5.10 Å². The minimum atomic E-state index is -1.21. The van der Waals surface area contributed by atoms with Crippen molar-refractivity contribution in [2.75, 3.05) is 10.2 Å². The van der Waals surface area contributed by atoms with E-state index in [-0.39, 0.29) is 12.2 Å². The molecule has 5 aromatic rings. The molecule has 0 saturated carbocycles. The van der Waals surface area contributed by atoms with Crippen LogP contribution in [-0.4, -0.2) is 26.8 Å². The van der Waals surface area contributed by atoms with Crippen molar-refractivity contribution in [2.24, 2.45) is 0 Å². The molecule has 0 aliphatic heterocycles. The van der Waals surface area contributed by atoms with Gasteiger partial charge in [0, 0.05) is 11.4 Å². The zero-order valence-electron chi connectivity index (χ0n) is 21.3. The summed E-state index contributed by atoms with van der Waals surface area (Å²) in [4.78, 5) is 29.3. The van der Waals surface area contributed by atoms with Crippen LogP contribution in [-0.2, 0) is 16.1 Å². The first-order valence-electron chi connectivity index (χ1n) is 12.3. The quantitative estimate of drug-likeness (QED) is 0.294. The summed E-state index contributed by atoms with van der Waals surface area (Å²) >= 11 is 0. The van der Waals surface area contributed by atoms with E-state index in [9.17, 15) is 18.4 Å². The van der Waals surface area contributed by atoms with E-state index < -0.39 is 29.5 Å². The Kier molecular flexibility index (Phi) is 7.14. The van der Waals surface area contributed by atoms with Crippen LogP contribution >= 0.6 is 0 Å². The molecule has 0 bridgehead atoms. The van der Waals surface area contributed by atoms with Gasteiger partial charge in [0.15, 0.2) is 0 Å². The Labute approximate surface area is 223 Å². The van der Waals surface area contributed by atoms with E-state index >= 15 is 0 Å². The van der Waals surface area contributed by atoms with Crippen LogP contribution in [0.5, 0.6) is 0 Å². The number of hydrogen-bond acceptors (Lipinski definition) is 4. The molecule has 0 fully saturated rings. The summed E-state index contributed by atoms with van der Waals surface area (Å²) in [5.41, 5.74) is 4.22. The second-order valence-electron chi connectivity index (χ2n) is 9.19. The topological polar surface area (TPSA) is 80.1 Å². The Balaban J connectivity index is 1.61. The van der Waals surface area contributed by atoms with Crippen molar-refractivity contribution in [3.8, 4) is 0 Å². The Bertz CT molecular complexity index is 1630. The average Bonchev–Trinajstić information content (AvgIpc) is 3.33. The van der Waals surface area contributed by atoms with Crippen molar-refractivity contribution in [3.05, 3.63) is 119 Å². The van der Waals surface area contributed by atoms with Gasteiger partial charge in [0.05, 0.1) is 5.52 Å². The van der Waals surface area contributed by atoms with Crippen LogP contribution in [0.1, 0.15) is 22.7 Å². The van der Waals surface area contributed by atoms with Gasteiger partial charge in [0.1, 0.15) is 29.7 Å². The standard InChI is InChI=1S/C30H25F2N5O2/c1-19-6-5-7-20(2)28(19)33-30(39)29(21-10-12-22(31)13-11-21)37(24-16-14-23(32)15-17-24)27(38)18-36-26-9-4-3-8-25(26)34-35-36/h3-17,29H,18H2,1-2H3,(H,33,39)/t29-/m1/s1. The molecule has 1 aromatic heterocycles. The number of halogens is 2. The summed E-state index contributed by atoms with van der Waals surface area (Å²) in [6.07, 6.45) is 0. The third-order valence-electron chi connectivity index (χ3n) is 6.50. The summed E-state index contributed by atoms with van der Waals surface area (Å²) in [5, 5.41) is 11.2. The molecule has 0 aliphatic rings. The van der Waals surface area contributed by atoms with Gasteiger partial charge < -0.3 is 5.32 Å². The molecule has 0 saturated heterocycles. The van der Waals surface area contributed by atoms with E-state index in [0.29, 0.717) is 22.3 Å². The smallest absolute Gasteiger partial charge is 0.252 e. The molecule has 0 aliphatic carbocycles. The van der Waals surface area contributed by atoms with Gasteiger partial charge in [-0.2, -0.15) is 0 Å². The molecule has 39 heavy (non-hydrogen) atoms. The van der Waals surface area contributed by atoms with Crippen molar-refractivity contribution in [1.82, 2.24) is 15.0 Å². The molecule has 0 radical (unpaired) electrons. The number of para-hydroxylation sites is 2. The highest BCUT2D eigenvalue weighted by atomic mass is 19.1. The van der Waals surface area contributed by atoms with Gasteiger partial charge in [0.25, 0.3) is 5.91 Å². The van der Waals surface area contributed by atoms with Gasteiger partial charge in [-0.3, -0.25) is 14.5 Å². The van der Waals surface area contributed by atoms with E-state index in [2.05, 4.69) is 15.6 Å². The van der Waals surface area contributed by atoms with Crippen molar-refractivity contribution in [3.63, 3.8) is 0 Å². The molecule has 0 spiro atoms. The fraction of sp³-hybridized carbons (Fsp3) is 0.133. The molecule has 2 amide bonds. The second-order valence-corrected chi connectivity index (χ2v) is 9.19. The zero-order chi connectivity index (χ0) is 27.5. The highest BCUT2D eigenvalue weighted by Gasteiger charge is 2.34. The minimum absolute atomic E-state index is 0.244. The Morgan fingerprint density at radius 1 is 0.846 bits per heavy atom. The van der Waals surface area contributed by atoms with Crippen molar-refractivity contribution in [2.45, 2.75) is 26.4 Å². The van der Waals surface area contributed by atoms with Gasteiger partial charge in [0.2, 0.25) is 5.91 Å². The van der Waals surface area contributed by atoms with E-state index in [1.54, 1.807) is 12.1 Å². The molecule has 1 atom stereocenters. The monoisotopic (exact) mass is 525 g/mol. The second kappa shape index (κ2) is 10.8. The fourth-order valence-corrected chi connectivity index (χ4v) is 4.54. The van der Waals surface area contributed by atoms with Crippen molar-refractivity contribution >= 4 is 34.2 Å². The van der Waals surface area contributed by atoms with Crippen LogP contribution < -0.4 is 10.2 Å². The molecule has 7 nitrogen and oxygen atoms in total. The Morgan fingerprint density at radius 2 is 1.46 bits per heavy atom. The maximum absolute atomic E-state index is 14.0. The van der Waals surface area contributed by atoms with Crippen LogP contribution in [0, 0.1) is 25.5 Å². The van der Waals surface area contributed by atoms with Crippen LogP contribution in [0.4, 0.5) is 20.2 Å². The number of fused-ring (bicyclic) bond motifs is 1. The normalized spacial score (nSPS) is 11.8. The molecule has 9 heteroatoms. The third-order valence-corrected chi connectivity index (χ3v) is 6.50. The molecule has 1 heterocycles. The van der Waals surface area contributed by atoms with Gasteiger partial charge in [-0.1, -0.05) is 47.7 Å².